The first-order valence-corrected chi connectivity index (χ1v) is 4.41. The third-order valence-electron chi connectivity index (χ3n) is 2.15. The molecule has 0 aliphatic heterocycles. The molecule has 0 aliphatic carbocycles. The Bertz CT molecular complexity index is 502. The number of methoxy groups -OCH3 is 2. The Hall–Kier alpha value is -1.97. The maximum Gasteiger partial charge on any atom is 0.354 e. The Morgan fingerprint density at radius 2 is 2.20 bits per heavy atom. The number of carbonyl (C=O) groups is 1. The standard InChI is InChI=1S/C11H10NO3/c1-14-8-4-3-7-5-10(11(13)15-2)12-9(7)6-8/h4-6,12H,1-2H3. The molecule has 1 aromatic carbocycles. The van der Waals surface area contributed by atoms with E-state index in [-0.39, 0.29) is 0 Å². The van der Waals surface area contributed by atoms with E-state index < -0.39 is 5.97 Å². The topological polar surface area (TPSA) is 51.3 Å². The molecule has 15 heavy (non-hydrogen) atoms. The van der Waals surface area contributed by atoms with E-state index in [4.69, 9.17) is 4.74 Å². The lowest BCUT2D eigenvalue weighted by Crippen LogP contribution is -2.00. The van der Waals surface area contributed by atoms with Crippen molar-refractivity contribution in [3.05, 3.63) is 30.0 Å². The van der Waals surface area contributed by atoms with Crippen molar-refractivity contribution < 1.29 is 14.3 Å². The van der Waals surface area contributed by atoms with E-state index in [9.17, 15) is 4.79 Å². The van der Waals surface area contributed by atoms with E-state index in [1.807, 2.05) is 0 Å². The number of ether oxygens (including phenoxy) is 2. The molecule has 77 valence electrons. The predicted molar refractivity (Wildman–Crippen MR) is 55.0 cm³/mol. The quantitative estimate of drug-likeness (QED) is 0.758. The van der Waals surface area contributed by atoms with Crippen molar-refractivity contribution in [3.63, 3.8) is 0 Å². The van der Waals surface area contributed by atoms with E-state index in [1.54, 1.807) is 25.3 Å². The molecule has 0 spiro atoms. The fourth-order valence-electron chi connectivity index (χ4n) is 1.37. The van der Waals surface area contributed by atoms with Gasteiger partial charge in [-0.05, 0) is 18.2 Å². The highest BCUT2D eigenvalue weighted by atomic mass is 16.5. The molecule has 0 aliphatic rings. The van der Waals surface area contributed by atoms with Crippen molar-refractivity contribution in [2.45, 2.75) is 0 Å². The molecule has 1 radical (unpaired) electrons. The highest BCUT2D eigenvalue weighted by Crippen LogP contribution is 2.20. The molecular formula is C11H10NO3. The number of carbonyl (C=O) groups excluding carboxylic acids is 1. The van der Waals surface area contributed by atoms with E-state index in [2.05, 4.69) is 15.8 Å². The Labute approximate surface area is 86.8 Å². The summed E-state index contributed by atoms with van der Waals surface area (Å²) < 4.78 is 9.66. The minimum Gasteiger partial charge on any atom is -0.497 e. The Morgan fingerprint density at radius 3 is 2.87 bits per heavy atom. The Kier molecular flexibility index (Phi) is 2.33. The van der Waals surface area contributed by atoms with E-state index in [0.717, 1.165) is 10.9 Å². The molecule has 1 heterocycles. The van der Waals surface area contributed by atoms with Crippen molar-refractivity contribution in [2.24, 2.45) is 0 Å². The van der Waals surface area contributed by atoms with Crippen LogP contribution in [0.1, 0.15) is 10.5 Å². The number of esters is 1. The smallest absolute Gasteiger partial charge is 0.354 e. The molecule has 2 aromatic rings. The lowest BCUT2D eigenvalue weighted by Gasteiger charge is -1.97. The number of aromatic nitrogens is 1. The molecule has 0 fully saturated rings. The van der Waals surface area contributed by atoms with Gasteiger partial charge in [0.1, 0.15) is 11.4 Å². The Morgan fingerprint density at radius 1 is 1.40 bits per heavy atom. The van der Waals surface area contributed by atoms with Gasteiger partial charge in [0.05, 0.1) is 19.7 Å². The van der Waals surface area contributed by atoms with Gasteiger partial charge in [-0.2, -0.15) is 0 Å². The predicted octanol–water partition coefficient (Wildman–Crippen LogP) is 1.76. The molecule has 1 N–H and O–H groups in total. The second-order valence-corrected chi connectivity index (χ2v) is 3.04. The maximum atomic E-state index is 11.2. The fourth-order valence-corrected chi connectivity index (χ4v) is 1.37. The highest BCUT2D eigenvalue weighted by Gasteiger charge is 2.09. The minimum atomic E-state index is -0.390. The molecule has 0 amide bonds. The van der Waals surface area contributed by atoms with Crippen LogP contribution >= 0.6 is 0 Å². The van der Waals surface area contributed by atoms with Crippen LogP contribution in [0.3, 0.4) is 0 Å². The maximum absolute atomic E-state index is 11.2. The van der Waals surface area contributed by atoms with E-state index >= 15 is 0 Å². The summed E-state index contributed by atoms with van der Waals surface area (Å²) in [4.78, 5) is 14.2. The molecule has 0 saturated carbocycles. The van der Waals surface area contributed by atoms with Crippen LogP contribution in [-0.4, -0.2) is 25.2 Å². The molecule has 0 atom stereocenters. The number of H-pyrrole nitrogens is 1. The third kappa shape index (κ3) is 1.66. The summed E-state index contributed by atoms with van der Waals surface area (Å²) in [6.07, 6.45) is 0. The second-order valence-electron chi connectivity index (χ2n) is 3.04. The number of rotatable bonds is 2. The highest BCUT2D eigenvalue weighted by molar-refractivity contribution is 5.94. The van der Waals surface area contributed by atoms with Crippen molar-refractivity contribution in [1.29, 1.82) is 0 Å². The fraction of sp³-hybridized carbons (Fsp3) is 0.182. The molecular weight excluding hydrogens is 194 g/mol. The average Bonchev–Trinajstić information content (AvgIpc) is 2.70. The van der Waals surface area contributed by atoms with Gasteiger partial charge in [0.2, 0.25) is 0 Å². The van der Waals surface area contributed by atoms with Gasteiger partial charge in [-0.1, -0.05) is 0 Å². The number of nitrogens with one attached hydrogen (secondary N) is 1. The van der Waals surface area contributed by atoms with Gasteiger partial charge in [-0.3, -0.25) is 0 Å². The molecule has 0 bridgehead atoms. The normalized spacial score (nSPS) is 10.3. The van der Waals surface area contributed by atoms with Crippen LogP contribution in [0.25, 0.3) is 10.9 Å². The van der Waals surface area contributed by atoms with Crippen LogP contribution in [0.4, 0.5) is 0 Å². The molecule has 1 aromatic heterocycles. The lowest BCUT2D eigenvalue weighted by atomic mass is 10.2. The van der Waals surface area contributed by atoms with Gasteiger partial charge < -0.3 is 14.5 Å². The third-order valence-corrected chi connectivity index (χ3v) is 2.15. The zero-order valence-electron chi connectivity index (χ0n) is 8.46. The zero-order chi connectivity index (χ0) is 10.8. The summed E-state index contributed by atoms with van der Waals surface area (Å²) in [5, 5.41) is 0.830. The van der Waals surface area contributed by atoms with Crippen LogP contribution in [0, 0.1) is 6.07 Å². The van der Waals surface area contributed by atoms with Gasteiger partial charge in [-0.25, -0.2) is 4.79 Å². The van der Waals surface area contributed by atoms with Gasteiger partial charge >= 0.3 is 5.97 Å². The minimum absolute atomic E-state index is 0.390. The molecule has 2 rings (SSSR count). The lowest BCUT2D eigenvalue weighted by molar-refractivity contribution is 0.0595. The number of hydrogen-bond acceptors (Lipinski definition) is 3. The molecule has 4 heteroatoms. The number of aromatic amines is 1. The first kappa shape index (κ1) is 9.58. The second kappa shape index (κ2) is 3.65. The monoisotopic (exact) mass is 204 g/mol. The van der Waals surface area contributed by atoms with Crippen LogP contribution in [-0.2, 0) is 4.74 Å². The van der Waals surface area contributed by atoms with Crippen molar-refractivity contribution >= 4 is 16.9 Å². The summed E-state index contributed by atoms with van der Waals surface area (Å²) in [6.45, 7) is 0. The van der Waals surface area contributed by atoms with E-state index in [1.165, 1.54) is 7.11 Å². The number of benzene rings is 1. The van der Waals surface area contributed by atoms with Crippen LogP contribution < -0.4 is 4.74 Å². The van der Waals surface area contributed by atoms with Crippen LogP contribution in [0.2, 0.25) is 0 Å². The van der Waals surface area contributed by atoms with Crippen molar-refractivity contribution in [1.82, 2.24) is 4.98 Å². The van der Waals surface area contributed by atoms with Crippen LogP contribution in [0.15, 0.2) is 18.2 Å². The Balaban J connectivity index is 2.51. The van der Waals surface area contributed by atoms with Crippen molar-refractivity contribution in [2.75, 3.05) is 14.2 Å². The van der Waals surface area contributed by atoms with Crippen molar-refractivity contribution in [3.8, 4) is 5.75 Å². The van der Waals surface area contributed by atoms with Gasteiger partial charge in [0.15, 0.2) is 0 Å². The molecule has 4 nitrogen and oxygen atoms in total. The molecule has 0 unspecified atom stereocenters. The van der Waals surface area contributed by atoms with Crippen LogP contribution in [0.5, 0.6) is 5.75 Å². The average molecular weight is 204 g/mol. The number of hydrogen-bond donors (Lipinski definition) is 1. The summed E-state index contributed by atoms with van der Waals surface area (Å²) in [5.41, 5.74) is 1.21. The first-order valence-electron chi connectivity index (χ1n) is 4.41. The van der Waals surface area contributed by atoms with Gasteiger partial charge in [0, 0.05) is 11.5 Å². The van der Waals surface area contributed by atoms with Gasteiger partial charge in [0.25, 0.3) is 0 Å². The number of fused-ring (bicyclic) bond motifs is 1. The van der Waals surface area contributed by atoms with Gasteiger partial charge in [-0.15, -0.1) is 0 Å². The molecule has 0 saturated heterocycles. The van der Waals surface area contributed by atoms with E-state index in [0.29, 0.717) is 11.4 Å². The summed E-state index contributed by atoms with van der Waals surface area (Å²) >= 11 is 0. The summed E-state index contributed by atoms with van der Waals surface area (Å²) in [6, 6.07) is 8.22. The zero-order valence-corrected chi connectivity index (χ0v) is 8.46. The summed E-state index contributed by atoms with van der Waals surface area (Å²) in [5.74, 6) is 0.305. The SMILES string of the molecule is COC(=O)c1cc2[c]cc(OC)cc2[nH]1. The summed E-state index contributed by atoms with van der Waals surface area (Å²) in [7, 11) is 2.93. The first-order chi connectivity index (χ1) is 7.24. The largest absolute Gasteiger partial charge is 0.497 e.